The second-order valence-corrected chi connectivity index (χ2v) is 5.68. The Kier molecular flexibility index (Phi) is 4.54. The molecule has 0 aliphatic heterocycles. The molecule has 1 rings (SSSR count). The lowest BCUT2D eigenvalue weighted by Gasteiger charge is -2.23. The molecule has 0 saturated heterocycles. The molecule has 1 aromatic rings. The number of nitrogens with two attached hydrogens (primary N) is 1. The first kappa shape index (κ1) is 14.0. The standard InChI is InChI=1S/C11H19ClN4O/c1-11(2,3)4-7(13)5-14-9-8(12)10(17)16-6-15-9/h6-7H,4-5,13H2,1-3H3,(H2,14,15,16,17). The summed E-state index contributed by atoms with van der Waals surface area (Å²) in [5, 5.41) is 3.05. The van der Waals surface area contributed by atoms with Gasteiger partial charge in [0.25, 0.3) is 5.56 Å². The summed E-state index contributed by atoms with van der Waals surface area (Å²) in [4.78, 5) is 17.6. The van der Waals surface area contributed by atoms with E-state index in [0.717, 1.165) is 6.42 Å². The molecule has 0 saturated carbocycles. The molecule has 0 fully saturated rings. The van der Waals surface area contributed by atoms with Gasteiger partial charge in [-0.2, -0.15) is 0 Å². The van der Waals surface area contributed by atoms with Crippen LogP contribution in [0.4, 0.5) is 5.82 Å². The lowest BCUT2D eigenvalue weighted by atomic mass is 9.88. The zero-order chi connectivity index (χ0) is 13.1. The molecule has 5 nitrogen and oxygen atoms in total. The van der Waals surface area contributed by atoms with Crippen molar-refractivity contribution in [2.45, 2.75) is 33.2 Å². The van der Waals surface area contributed by atoms with E-state index < -0.39 is 0 Å². The summed E-state index contributed by atoms with van der Waals surface area (Å²) in [5.74, 6) is 0.375. The summed E-state index contributed by atoms with van der Waals surface area (Å²) in [7, 11) is 0. The van der Waals surface area contributed by atoms with Gasteiger partial charge in [0.05, 0.1) is 6.33 Å². The third-order valence-electron chi connectivity index (χ3n) is 2.20. The number of nitrogens with zero attached hydrogens (tertiary/aromatic N) is 1. The van der Waals surface area contributed by atoms with Crippen LogP contribution in [-0.2, 0) is 0 Å². The summed E-state index contributed by atoms with van der Waals surface area (Å²) in [6, 6.07) is -0.00726. The van der Waals surface area contributed by atoms with Crippen LogP contribution in [0.1, 0.15) is 27.2 Å². The van der Waals surface area contributed by atoms with Gasteiger partial charge >= 0.3 is 0 Å². The van der Waals surface area contributed by atoms with Crippen molar-refractivity contribution < 1.29 is 0 Å². The zero-order valence-electron chi connectivity index (χ0n) is 10.4. The van der Waals surface area contributed by atoms with Gasteiger partial charge in [-0.05, 0) is 11.8 Å². The minimum Gasteiger partial charge on any atom is -0.367 e. The molecule has 6 heteroatoms. The molecule has 0 bridgehead atoms. The molecule has 0 spiro atoms. The van der Waals surface area contributed by atoms with Crippen molar-refractivity contribution in [2.24, 2.45) is 11.1 Å². The van der Waals surface area contributed by atoms with E-state index in [1.807, 2.05) is 0 Å². The Hall–Kier alpha value is -1.07. The van der Waals surface area contributed by atoms with Crippen molar-refractivity contribution in [3.8, 4) is 0 Å². The fourth-order valence-corrected chi connectivity index (χ4v) is 1.76. The van der Waals surface area contributed by atoms with E-state index in [1.54, 1.807) is 0 Å². The lowest BCUT2D eigenvalue weighted by Crippen LogP contribution is -2.33. The van der Waals surface area contributed by atoms with E-state index >= 15 is 0 Å². The number of hydrogen-bond donors (Lipinski definition) is 3. The van der Waals surface area contributed by atoms with Gasteiger partial charge in [-0.3, -0.25) is 4.79 Å². The van der Waals surface area contributed by atoms with E-state index in [-0.39, 0.29) is 22.0 Å². The van der Waals surface area contributed by atoms with Crippen LogP contribution in [0.5, 0.6) is 0 Å². The van der Waals surface area contributed by atoms with E-state index in [4.69, 9.17) is 17.3 Å². The Bertz CT molecular complexity index is 424. The summed E-state index contributed by atoms with van der Waals surface area (Å²) in [5.41, 5.74) is 5.80. The van der Waals surface area contributed by atoms with Crippen molar-refractivity contribution in [1.29, 1.82) is 0 Å². The Morgan fingerprint density at radius 3 is 2.82 bits per heavy atom. The Labute approximate surface area is 106 Å². The minimum absolute atomic E-state index is 0.00726. The lowest BCUT2D eigenvalue weighted by molar-refractivity contribution is 0.344. The van der Waals surface area contributed by atoms with Gasteiger partial charge in [0.15, 0.2) is 5.82 Å². The number of halogens is 1. The number of hydrogen-bond acceptors (Lipinski definition) is 4. The van der Waals surface area contributed by atoms with Crippen molar-refractivity contribution in [2.75, 3.05) is 11.9 Å². The average molecular weight is 259 g/mol. The third kappa shape index (κ3) is 4.75. The molecular weight excluding hydrogens is 240 g/mol. The van der Waals surface area contributed by atoms with Gasteiger partial charge in [0, 0.05) is 12.6 Å². The van der Waals surface area contributed by atoms with Crippen LogP contribution in [0.15, 0.2) is 11.1 Å². The highest BCUT2D eigenvalue weighted by molar-refractivity contribution is 6.32. The molecular formula is C11H19ClN4O. The van der Waals surface area contributed by atoms with Crippen molar-refractivity contribution in [3.05, 3.63) is 21.7 Å². The predicted octanol–water partition coefficient (Wildman–Crippen LogP) is 1.60. The largest absolute Gasteiger partial charge is 0.367 e. The van der Waals surface area contributed by atoms with E-state index in [0.29, 0.717) is 12.4 Å². The Morgan fingerprint density at radius 2 is 2.24 bits per heavy atom. The fourth-order valence-electron chi connectivity index (χ4n) is 1.59. The van der Waals surface area contributed by atoms with E-state index in [9.17, 15) is 4.79 Å². The minimum atomic E-state index is -0.353. The van der Waals surface area contributed by atoms with Gasteiger partial charge < -0.3 is 16.0 Å². The van der Waals surface area contributed by atoms with Crippen LogP contribution < -0.4 is 16.6 Å². The molecule has 0 amide bonds. The molecule has 0 aliphatic rings. The van der Waals surface area contributed by atoms with Crippen molar-refractivity contribution in [1.82, 2.24) is 9.97 Å². The number of anilines is 1. The zero-order valence-corrected chi connectivity index (χ0v) is 11.1. The molecule has 4 N–H and O–H groups in total. The quantitative estimate of drug-likeness (QED) is 0.766. The molecule has 1 aromatic heterocycles. The van der Waals surface area contributed by atoms with Crippen LogP contribution in [0.3, 0.4) is 0 Å². The first-order valence-corrected chi connectivity index (χ1v) is 5.90. The Balaban J connectivity index is 2.56. The number of rotatable bonds is 4. The molecule has 1 heterocycles. The molecule has 17 heavy (non-hydrogen) atoms. The highest BCUT2D eigenvalue weighted by Crippen LogP contribution is 2.20. The van der Waals surface area contributed by atoms with Crippen molar-refractivity contribution in [3.63, 3.8) is 0 Å². The molecule has 0 aliphatic carbocycles. The maximum absolute atomic E-state index is 11.2. The van der Waals surface area contributed by atoms with Crippen molar-refractivity contribution >= 4 is 17.4 Å². The first-order valence-electron chi connectivity index (χ1n) is 5.52. The number of H-pyrrole nitrogens is 1. The molecule has 96 valence electrons. The molecule has 0 aromatic carbocycles. The summed E-state index contributed by atoms with van der Waals surface area (Å²) >= 11 is 5.80. The molecule has 1 atom stereocenters. The fraction of sp³-hybridized carbons (Fsp3) is 0.636. The highest BCUT2D eigenvalue weighted by atomic mass is 35.5. The normalized spacial score (nSPS) is 13.5. The van der Waals surface area contributed by atoms with Gasteiger partial charge in [-0.15, -0.1) is 0 Å². The highest BCUT2D eigenvalue weighted by Gasteiger charge is 2.16. The summed E-state index contributed by atoms with van der Waals surface area (Å²) < 4.78 is 0. The van der Waals surface area contributed by atoms with Crippen LogP contribution in [0.2, 0.25) is 5.02 Å². The summed E-state index contributed by atoms with van der Waals surface area (Å²) in [6.07, 6.45) is 2.19. The topological polar surface area (TPSA) is 83.8 Å². The maximum Gasteiger partial charge on any atom is 0.271 e. The van der Waals surface area contributed by atoms with Gasteiger partial charge in [-0.1, -0.05) is 32.4 Å². The second kappa shape index (κ2) is 5.51. The third-order valence-corrected chi connectivity index (χ3v) is 2.55. The van der Waals surface area contributed by atoms with Crippen LogP contribution in [0, 0.1) is 5.41 Å². The smallest absolute Gasteiger partial charge is 0.271 e. The molecule has 1 unspecified atom stereocenters. The predicted molar refractivity (Wildman–Crippen MR) is 70.4 cm³/mol. The average Bonchev–Trinajstić information content (AvgIpc) is 2.18. The maximum atomic E-state index is 11.2. The monoisotopic (exact) mass is 258 g/mol. The van der Waals surface area contributed by atoms with Crippen LogP contribution in [0.25, 0.3) is 0 Å². The van der Waals surface area contributed by atoms with Gasteiger partial charge in [-0.25, -0.2) is 4.98 Å². The van der Waals surface area contributed by atoms with Gasteiger partial charge in [0.1, 0.15) is 5.02 Å². The number of aromatic amines is 1. The molecule has 0 radical (unpaired) electrons. The number of aromatic nitrogens is 2. The first-order chi connectivity index (χ1) is 7.79. The van der Waals surface area contributed by atoms with E-state index in [2.05, 4.69) is 36.1 Å². The second-order valence-electron chi connectivity index (χ2n) is 5.30. The SMILES string of the molecule is CC(C)(C)CC(N)CNc1nc[nH]c(=O)c1Cl. The summed E-state index contributed by atoms with van der Waals surface area (Å²) in [6.45, 7) is 6.93. The number of nitrogens with one attached hydrogen (secondary N) is 2. The van der Waals surface area contributed by atoms with Crippen LogP contribution >= 0.6 is 11.6 Å². The Morgan fingerprint density at radius 1 is 1.59 bits per heavy atom. The van der Waals surface area contributed by atoms with Gasteiger partial charge in [0.2, 0.25) is 0 Å². The van der Waals surface area contributed by atoms with E-state index in [1.165, 1.54) is 6.33 Å². The van der Waals surface area contributed by atoms with Crippen LogP contribution in [-0.4, -0.2) is 22.6 Å².